The first-order valence-corrected chi connectivity index (χ1v) is 10.1. The molecule has 3 N–H and O–H groups in total. The zero-order valence-electron chi connectivity index (χ0n) is 16.0. The summed E-state index contributed by atoms with van der Waals surface area (Å²) in [7, 11) is -3.89. The molecule has 0 unspecified atom stereocenters. The van der Waals surface area contributed by atoms with Gasteiger partial charge in [0.05, 0.1) is 18.1 Å². The van der Waals surface area contributed by atoms with Crippen LogP contribution < -0.4 is 10.0 Å². The van der Waals surface area contributed by atoms with Gasteiger partial charge in [-0.05, 0) is 45.0 Å². The fraction of sp³-hybridized carbons (Fsp3) is 0.211. The summed E-state index contributed by atoms with van der Waals surface area (Å²) in [4.78, 5) is 20.6. The van der Waals surface area contributed by atoms with Crippen LogP contribution in [0.1, 0.15) is 31.3 Å². The van der Waals surface area contributed by atoms with E-state index in [1.165, 1.54) is 36.7 Å². The van der Waals surface area contributed by atoms with Crippen molar-refractivity contribution in [2.24, 2.45) is 0 Å². The van der Waals surface area contributed by atoms with Gasteiger partial charge in [0.2, 0.25) is 5.09 Å². The van der Waals surface area contributed by atoms with Crippen LogP contribution in [0, 0.1) is 0 Å². The van der Waals surface area contributed by atoms with Crippen LogP contribution in [-0.4, -0.2) is 34.9 Å². The monoisotopic (exact) mass is 416 g/mol. The van der Waals surface area contributed by atoms with Crippen molar-refractivity contribution in [2.45, 2.75) is 31.4 Å². The Morgan fingerprint density at radius 1 is 1.10 bits per heavy atom. The number of nitrogens with one attached hydrogen (secondary N) is 2. The molecule has 29 heavy (non-hydrogen) atoms. The van der Waals surface area contributed by atoms with Crippen LogP contribution in [-0.2, 0) is 10.0 Å². The number of carbonyl (C=O) groups is 1. The van der Waals surface area contributed by atoms with Crippen LogP contribution in [0.25, 0.3) is 11.4 Å². The van der Waals surface area contributed by atoms with E-state index in [0.29, 0.717) is 17.1 Å². The lowest BCUT2D eigenvalue weighted by molar-refractivity contribution is 0.0991. The smallest absolute Gasteiger partial charge is 0.291 e. The fourth-order valence-electron chi connectivity index (χ4n) is 2.42. The maximum Gasteiger partial charge on any atom is 0.291 e. The van der Waals surface area contributed by atoms with E-state index in [0.717, 1.165) is 0 Å². The number of aromatic nitrogens is 2. The van der Waals surface area contributed by atoms with Crippen molar-refractivity contribution in [3.05, 3.63) is 54.6 Å². The van der Waals surface area contributed by atoms with Gasteiger partial charge in [-0.3, -0.25) is 4.79 Å². The highest BCUT2D eigenvalue weighted by atomic mass is 32.2. The highest BCUT2D eigenvalue weighted by Crippen LogP contribution is 2.21. The molecule has 0 spiro atoms. The van der Waals surface area contributed by atoms with Gasteiger partial charge in [-0.25, -0.2) is 23.1 Å². The summed E-state index contributed by atoms with van der Waals surface area (Å²) < 4.78 is 32.2. The maximum absolute atomic E-state index is 12.3. The molecular formula is C19H20N4O5S. The van der Waals surface area contributed by atoms with Crippen molar-refractivity contribution in [3.63, 3.8) is 0 Å². The number of amides is 1. The minimum absolute atomic E-state index is 0.0907. The Bertz CT molecular complexity index is 1130. The van der Waals surface area contributed by atoms with Gasteiger partial charge in [0, 0.05) is 11.1 Å². The minimum Gasteiger partial charge on any atom is -0.508 e. The Morgan fingerprint density at radius 3 is 2.41 bits per heavy atom. The third kappa shape index (κ3) is 5.18. The lowest BCUT2D eigenvalue weighted by Gasteiger charge is -2.18. The van der Waals surface area contributed by atoms with Crippen molar-refractivity contribution in [1.82, 2.24) is 14.7 Å². The van der Waals surface area contributed by atoms with E-state index >= 15 is 0 Å². The summed E-state index contributed by atoms with van der Waals surface area (Å²) in [6.07, 6.45) is 2.79. The lowest BCUT2D eigenvalue weighted by atomic mass is 10.1. The van der Waals surface area contributed by atoms with Crippen molar-refractivity contribution >= 4 is 21.6 Å². The van der Waals surface area contributed by atoms with E-state index in [1.54, 1.807) is 32.9 Å². The van der Waals surface area contributed by atoms with Crippen LogP contribution in [0.5, 0.6) is 5.75 Å². The summed E-state index contributed by atoms with van der Waals surface area (Å²) in [5, 5.41) is 11.7. The number of hydrogen-bond donors (Lipinski definition) is 3. The Labute approximate surface area is 167 Å². The van der Waals surface area contributed by atoms with Gasteiger partial charge >= 0.3 is 0 Å². The minimum atomic E-state index is -3.89. The molecule has 0 atom stereocenters. The SMILES string of the molecule is CC(C)(C)NS(=O)(=O)c1ccc(C(=O)Nc2cnc(-c3cccc(O)c3)nc2)o1. The number of rotatable bonds is 5. The van der Waals surface area contributed by atoms with Gasteiger partial charge in [0.25, 0.3) is 15.9 Å². The molecule has 0 aliphatic carbocycles. The lowest BCUT2D eigenvalue weighted by Crippen LogP contribution is -2.40. The van der Waals surface area contributed by atoms with Gasteiger partial charge in [0.1, 0.15) is 5.75 Å². The fourth-order valence-corrected chi connectivity index (χ4v) is 3.77. The van der Waals surface area contributed by atoms with E-state index in [4.69, 9.17) is 4.42 Å². The highest BCUT2D eigenvalue weighted by molar-refractivity contribution is 7.89. The standard InChI is InChI=1S/C19H20N4O5S/c1-19(2,3)23-29(26,27)16-8-7-15(28-16)18(25)22-13-10-20-17(21-11-13)12-5-4-6-14(24)9-12/h4-11,23-24H,1-3H3,(H,22,25). The van der Waals surface area contributed by atoms with Gasteiger partial charge in [0.15, 0.2) is 11.6 Å². The zero-order chi connectivity index (χ0) is 21.2. The molecule has 152 valence electrons. The van der Waals surface area contributed by atoms with E-state index in [-0.39, 0.29) is 16.6 Å². The van der Waals surface area contributed by atoms with Crippen molar-refractivity contribution in [2.75, 3.05) is 5.32 Å². The number of anilines is 1. The molecule has 0 saturated carbocycles. The van der Waals surface area contributed by atoms with Crippen molar-refractivity contribution < 1.29 is 22.7 Å². The van der Waals surface area contributed by atoms with E-state index in [1.807, 2.05) is 0 Å². The van der Waals surface area contributed by atoms with Crippen molar-refractivity contribution in [3.8, 4) is 17.1 Å². The van der Waals surface area contributed by atoms with Crippen LogP contribution in [0.3, 0.4) is 0 Å². The van der Waals surface area contributed by atoms with Crippen LogP contribution >= 0.6 is 0 Å². The third-order valence-electron chi connectivity index (χ3n) is 3.52. The molecule has 1 amide bonds. The zero-order valence-corrected chi connectivity index (χ0v) is 16.8. The molecule has 0 bridgehead atoms. The number of furan rings is 1. The summed E-state index contributed by atoms with van der Waals surface area (Å²) >= 11 is 0. The van der Waals surface area contributed by atoms with Gasteiger partial charge < -0.3 is 14.8 Å². The maximum atomic E-state index is 12.3. The molecule has 2 aromatic heterocycles. The average molecular weight is 416 g/mol. The Hall–Kier alpha value is -3.24. The summed E-state index contributed by atoms with van der Waals surface area (Å²) in [6.45, 7) is 5.09. The Morgan fingerprint density at radius 2 is 1.79 bits per heavy atom. The molecular weight excluding hydrogens is 396 g/mol. The number of sulfonamides is 1. The van der Waals surface area contributed by atoms with Gasteiger partial charge in [-0.2, -0.15) is 0 Å². The largest absolute Gasteiger partial charge is 0.508 e. The number of phenolic OH excluding ortho intramolecular Hbond substituents is 1. The molecule has 0 radical (unpaired) electrons. The van der Waals surface area contributed by atoms with Crippen molar-refractivity contribution in [1.29, 1.82) is 0 Å². The quantitative estimate of drug-likeness (QED) is 0.582. The summed E-state index contributed by atoms with van der Waals surface area (Å²) in [5.74, 6) is -0.348. The molecule has 0 aliphatic rings. The first-order chi connectivity index (χ1) is 13.5. The first-order valence-electron chi connectivity index (χ1n) is 8.60. The number of hydrogen-bond acceptors (Lipinski definition) is 7. The molecule has 1 aromatic carbocycles. The predicted octanol–water partition coefficient (Wildman–Crippen LogP) is 2.77. The molecule has 9 nitrogen and oxygen atoms in total. The number of nitrogens with zero attached hydrogens (tertiary/aromatic N) is 2. The van der Waals surface area contributed by atoms with E-state index < -0.39 is 21.5 Å². The normalized spacial score (nSPS) is 12.0. The summed E-state index contributed by atoms with van der Waals surface area (Å²) in [6, 6.07) is 8.94. The topological polar surface area (TPSA) is 134 Å². The number of benzene rings is 1. The Kier molecular flexibility index (Phi) is 5.40. The van der Waals surface area contributed by atoms with Gasteiger partial charge in [-0.1, -0.05) is 12.1 Å². The molecule has 3 aromatic rings. The predicted molar refractivity (Wildman–Crippen MR) is 106 cm³/mol. The first kappa shape index (κ1) is 20.5. The second-order valence-electron chi connectivity index (χ2n) is 7.27. The second-order valence-corrected chi connectivity index (χ2v) is 8.89. The molecule has 0 saturated heterocycles. The third-order valence-corrected chi connectivity index (χ3v) is 5.15. The number of aromatic hydroxyl groups is 1. The molecule has 0 aliphatic heterocycles. The highest BCUT2D eigenvalue weighted by Gasteiger charge is 2.26. The molecule has 10 heteroatoms. The number of carbonyl (C=O) groups excluding carboxylic acids is 1. The molecule has 2 heterocycles. The molecule has 0 fully saturated rings. The summed E-state index contributed by atoms with van der Waals surface area (Å²) in [5.41, 5.74) is 0.227. The van der Waals surface area contributed by atoms with Crippen LogP contribution in [0.2, 0.25) is 0 Å². The van der Waals surface area contributed by atoms with Crippen LogP contribution in [0.4, 0.5) is 5.69 Å². The van der Waals surface area contributed by atoms with E-state index in [2.05, 4.69) is 20.0 Å². The second kappa shape index (κ2) is 7.64. The van der Waals surface area contributed by atoms with Gasteiger partial charge in [-0.15, -0.1) is 0 Å². The van der Waals surface area contributed by atoms with E-state index in [9.17, 15) is 18.3 Å². The average Bonchev–Trinajstić information content (AvgIpc) is 3.12. The molecule has 3 rings (SSSR count). The Balaban J connectivity index is 1.72. The number of phenols is 1. The van der Waals surface area contributed by atoms with Crippen LogP contribution in [0.15, 0.2) is 58.3 Å².